The highest BCUT2D eigenvalue weighted by atomic mass is 32.2. The molecule has 2 N–H and O–H groups in total. The summed E-state index contributed by atoms with van der Waals surface area (Å²) in [6.07, 6.45) is 5.09. The van der Waals surface area contributed by atoms with Crippen molar-refractivity contribution in [1.29, 1.82) is 0 Å². The number of hydrogen-bond acceptors (Lipinski definition) is 4. The van der Waals surface area contributed by atoms with Crippen molar-refractivity contribution >= 4 is 35.6 Å². The van der Waals surface area contributed by atoms with Crippen LogP contribution in [0.5, 0.6) is 0 Å². The zero-order valence-corrected chi connectivity index (χ0v) is 18.0. The van der Waals surface area contributed by atoms with Crippen molar-refractivity contribution in [3.05, 3.63) is 58.9 Å². The molecule has 0 unspecified atom stereocenters. The van der Waals surface area contributed by atoms with Gasteiger partial charge >= 0.3 is 0 Å². The molecule has 2 aromatic carbocycles. The summed E-state index contributed by atoms with van der Waals surface area (Å²) >= 11 is 7.24. The molecule has 150 valence electrons. The van der Waals surface area contributed by atoms with Crippen LogP contribution in [0.3, 0.4) is 0 Å². The molecule has 3 aromatic rings. The average Bonchev–Trinajstić information content (AvgIpc) is 3.34. The van der Waals surface area contributed by atoms with E-state index in [1.165, 1.54) is 25.7 Å². The number of hydrogen-bond donors (Lipinski definition) is 2. The van der Waals surface area contributed by atoms with Gasteiger partial charge in [-0.1, -0.05) is 48.7 Å². The maximum absolute atomic E-state index is 12.8. The third-order valence-corrected chi connectivity index (χ3v) is 6.82. The lowest BCUT2D eigenvalue weighted by Gasteiger charge is -2.14. The summed E-state index contributed by atoms with van der Waals surface area (Å²) in [6.45, 7) is 2.14. The molecule has 0 spiro atoms. The first-order valence-electron chi connectivity index (χ1n) is 9.88. The highest BCUT2D eigenvalue weighted by Gasteiger charge is 2.19. The molecule has 1 aliphatic rings. The van der Waals surface area contributed by atoms with E-state index in [4.69, 9.17) is 12.2 Å². The Labute approximate surface area is 179 Å². The van der Waals surface area contributed by atoms with E-state index < -0.39 is 0 Å². The summed E-state index contributed by atoms with van der Waals surface area (Å²) in [6, 6.07) is 16.0. The summed E-state index contributed by atoms with van der Waals surface area (Å²) in [4.78, 5) is 14.0. The third kappa shape index (κ3) is 4.79. The Kier molecular flexibility index (Phi) is 6.16. The number of para-hydroxylation sites is 1. The molecule has 5 nitrogen and oxygen atoms in total. The number of thioether (sulfide) groups is 1. The number of nitrogens with one attached hydrogen (secondary N) is 2. The van der Waals surface area contributed by atoms with E-state index in [1.54, 1.807) is 4.57 Å². The van der Waals surface area contributed by atoms with E-state index >= 15 is 0 Å². The molecule has 29 heavy (non-hydrogen) atoms. The van der Waals surface area contributed by atoms with Crippen LogP contribution < -0.4 is 5.32 Å². The molecule has 7 heteroatoms. The van der Waals surface area contributed by atoms with Crippen molar-refractivity contribution in [2.45, 2.75) is 49.3 Å². The molecule has 0 bridgehead atoms. The Balaban J connectivity index is 1.51. The molecule has 1 aliphatic carbocycles. The molecule has 4 rings (SSSR count). The first-order chi connectivity index (χ1) is 14.1. The number of benzene rings is 2. The van der Waals surface area contributed by atoms with Gasteiger partial charge in [-0.2, -0.15) is 5.10 Å². The fraction of sp³-hybridized carbons (Fsp3) is 0.318. The Morgan fingerprint density at radius 2 is 2.03 bits per heavy atom. The second-order valence-corrected chi connectivity index (χ2v) is 9.11. The second-order valence-electron chi connectivity index (χ2n) is 7.38. The highest BCUT2D eigenvalue weighted by Crippen LogP contribution is 2.38. The van der Waals surface area contributed by atoms with Gasteiger partial charge in [0.25, 0.3) is 0 Å². The number of anilines is 1. The van der Waals surface area contributed by atoms with Crippen molar-refractivity contribution in [2.24, 2.45) is 0 Å². The zero-order chi connectivity index (χ0) is 20.2. The smallest absolute Gasteiger partial charge is 0.244 e. The number of carbonyl (C=O) groups excluding carboxylic acids is 1. The van der Waals surface area contributed by atoms with E-state index in [1.807, 2.05) is 61.2 Å². The van der Waals surface area contributed by atoms with E-state index in [0.29, 0.717) is 15.8 Å². The lowest BCUT2D eigenvalue weighted by atomic mass is 10.1. The number of carbonyl (C=O) groups is 1. The van der Waals surface area contributed by atoms with Crippen LogP contribution in [0.15, 0.2) is 53.4 Å². The number of H-pyrrole nitrogens is 1. The lowest BCUT2D eigenvalue weighted by molar-refractivity contribution is -0.116. The number of rotatable bonds is 6. The highest BCUT2D eigenvalue weighted by molar-refractivity contribution is 8.00. The first kappa shape index (κ1) is 19.9. The molecule has 0 radical (unpaired) electrons. The summed E-state index contributed by atoms with van der Waals surface area (Å²) in [5.41, 5.74) is 2.93. The molecule has 0 atom stereocenters. The minimum absolute atomic E-state index is 0.112. The van der Waals surface area contributed by atoms with E-state index in [2.05, 4.69) is 21.6 Å². The van der Waals surface area contributed by atoms with Gasteiger partial charge in [-0.15, -0.1) is 11.8 Å². The number of nitrogens with zero attached hydrogens (tertiary/aromatic N) is 2. The number of aromatic amines is 1. The predicted octanol–water partition coefficient (Wildman–Crippen LogP) is 5.59. The molecule has 1 amide bonds. The lowest BCUT2D eigenvalue weighted by Crippen LogP contribution is -2.20. The van der Waals surface area contributed by atoms with Crippen LogP contribution in [0.2, 0.25) is 0 Å². The molecule has 1 aromatic heterocycles. The van der Waals surface area contributed by atoms with Gasteiger partial charge in [0.15, 0.2) is 10.6 Å². The van der Waals surface area contributed by atoms with Gasteiger partial charge in [-0.25, -0.2) is 0 Å². The van der Waals surface area contributed by atoms with E-state index in [0.717, 1.165) is 21.7 Å². The quantitative estimate of drug-likeness (QED) is 0.506. The van der Waals surface area contributed by atoms with Crippen LogP contribution in [-0.4, -0.2) is 25.9 Å². The fourth-order valence-corrected chi connectivity index (χ4v) is 5.19. The standard InChI is InChI=1S/C22H24N4OS2/c1-15-7-6-8-16(13-15)21-24-25-22(28)26(21)14-20(27)23-18-11-4-5-12-19(18)29-17-9-2-3-10-17/h4-8,11-13,17H,2-3,9-10,14H2,1H3,(H,23,27)(H,25,28). The Morgan fingerprint density at radius 3 is 2.83 bits per heavy atom. The monoisotopic (exact) mass is 424 g/mol. The fourth-order valence-electron chi connectivity index (χ4n) is 3.66. The van der Waals surface area contributed by atoms with E-state index in [9.17, 15) is 4.79 Å². The summed E-state index contributed by atoms with van der Waals surface area (Å²) in [7, 11) is 0. The summed E-state index contributed by atoms with van der Waals surface area (Å²) in [5, 5.41) is 10.9. The predicted molar refractivity (Wildman–Crippen MR) is 121 cm³/mol. The van der Waals surface area contributed by atoms with Crippen LogP contribution in [0.4, 0.5) is 5.69 Å². The second kappa shape index (κ2) is 8.97. The van der Waals surface area contributed by atoms with Crippen LogP contribution in [-0.2, 0) is 11.3 Å². The molecule has 0 saturated heterocycles. The summed E-state index contributed by atoms with van der Waals surface area (Å²) < 4.78 is 2.18. The third-order valence-electron chi connectivity index (χ3n) is 5.09. The zero-order valence-electron chi connectivity index (χ0n) is 16.4. The minimum Gasteiger partial charge on any atom is -0.324 e. The molecular weight excluding hydrogens is 400 g/mol. The molecule has 1 fully saturated rings. The van der Waals surface area contributed by atoms with Crippen LogP contribution in [0.1, 0.15) is 31.2 Å². The Hall–Kier alpha value is -2.38. The maximum Gasteiger partial charge on any atom is 0.244 e. The molecule has 1 heterocycles. The van der Waals surface area contributed by atoms with Crippen molar-refractivity contribution in [2.75, 3.05) is 5.32 Å². The van der Waals surface area contributed by atoms with Crippen LogP contribution in [0, 0.1) is 11.7 Å². The Morgan fingerprint density at radius 1 is 1.24 bits per heavy atom. The van der Waals surface area contributed by atoms with Crippen molar-refractivity contribution in [3.8, 4) is 11.4 Å². The van der Waals surface area contributed by atoms with Crippen LogP contribution >= 0.6 is 24.0 Å². The van der Waals surface area contributed by atoms with Crippen molar-refractivity contribution in [1.82, 2.24) is 14.8 Å². The van der Waals surface area contributed by atoms with Gasteiger partial charge in [0.1, 0.15) is 6.54 Å². The van der Waals surface area contributed by atoms with Gasteiger partial charge in [0.2, 0.25) is 5.91 Å². The average molecular weight is 425 g/mol. The largest absolute Gasteiger partial charge is 0.324 e. The van der Waals surface area contributed by atoms with Gasteiger partial charge < -0.3 is 5.32 Å². The van der Waals surface area contributed by atoms with Crippen molar-refractivity contribution in [3.63, 3.8) is 0 Å². The van der Waals surface area contributed by atoms with Crippen LogP contribution in [0.25, 0.3) is 11.4 Å². The number of aromatic nitrogens is 3. The van der Waals surface area contributed by atoms with Gasteiger partial charge in [0, 0.05) is 15.7 Å². The number of aryl methyl sites for hydroxylation is 1. The van der Waals surface area contributed by atoms with Crippen molar-refractivity contribution < 1.29 is 4.79 Å². The van der Waals surface area contributed by atoms with E-state index in [-0.39, 0.29) is 12.5 Å². The summed E-state index contributed by atoms with van der Waals surface area (Å²) in [5.74, 6) is 0.554. The topological polar surface area (TPSA) is 62.7 Å². The SMILES string of the molecule is Cc1cccc(-c2n[nH]c(=S)n2CC(=O)Nc2ccccc2SC2CCCC2)c1. The maximum atomic E-state index is 12.8. The minimum atomic E-state index is -0.115. The Bertz CT molecular complexity index is 1070. The van der Waals surface area contributed by atoms with Gasteiger partial charge in [0.05, 0.1) is 5.69 Å². The normalized spacial score (nSPS) is 14.2. The molecule has 0 aliphatic heterocycles. The molecular formula is C22H24N4OS2. The first-order valence-corrected chi connectivity index (χ1v) is 11.2. The van der Waals surface area contributed by atoms with Gasteiger partial charge in [-0.3, -0.25) is 14.5 Å². The van der Waals surface area contributed by atoms with Gasteiger partial charge in [-0.05, 0) is 50.2 Å². The number of amides is 1. The molecule has 1 saturated carbocycles.